The number of aromatic hydroxyl groups is 1. The molecule has 1 atom stereocenters. The Morgan fingerprint density at radius 2 is 1.84 bits per heavy atom. The molecule has 0 aliphatic carbocycles. The first-order chi connectivity index (χ1) is 15.3. The van der Waals surface area contributed by atoms with Crippen LogP contribution in [0.25, 0.3) is 11.0 Å². The maximum atomic E-state index is 13.5. The topological polar surface area (TPSA) is 70.8 Å². The van der Waals surface area contributed by atoms with Gasteiger partial charge >= 0.3 is 0 Å². The number of halogens is 2. The number of carbonyl (C=O) groups is 1. The van der Waals surface area contributed by atoms with Crippen LogP contribution in [0.15, 0.2) is 69.9 Å². The highest BCUT2D eigenvalue weighted by molar-refractivity contribution is 6.32. The van der Waals surface area contributed by atoms with Gasteiger partial charge in [0, 0.05) is 11.6 Å². The van der Waals surface area contributed by atoms with Crippen molar-refractivity contribution in [3.63, 3.8) is 0 Å². The largest absolute Gasteiger partial charge is 0.508 e. The summed E-state index contributed by atoms with van der Waals surface area (Å²) in [5.41, 5.74) is 2.09. The van der Waals surface area contributed by atoms with Crippen LogP contribution in [0, 0.1) is 12.7 Å². The van der Waals surface area contributed by atoms with Gasteiger partial charge in [-0.25, -0.2) is 4.39 Å². The van der Waals surface area contributed by atoms with Gasteiger partial charge in [-0.2, -0.15) is 0 Å². The summed E-state index contributed by atoms with van der Waals surface area (Å²) in [6.07, 6.45) is 0. The minimum atomic E-state index is -0.782. The fourth-order valence-corrected chi connectivity index (χ4v) is 4.30. The highest BCUT2D eigenvalue weighted by Gasteiger charge is 2.42. The SMILES string of the molecule is Cc1cc2oc3c(c(=O)c2cc1Cl)[C@H](c1cccc(O)c1)N(Cc1ccc(F)cc1)C3=O. The van der Waals surface area contributed by atoms with Crippen LogP contribution >= 0.6 is 11.6 Å². The molecule has 3 aromatic carbocycles. The summed E-state index contributed by atoms with van der Waals surface area (Å²) in [6.45, 7) is 1.91. The first kappa shape index (κ1) is 20.3. The molecule has 0 fully saturated rings. The molecule has 1 aromatic heterocycles. The van der Waals surface area contributed by atoms with Crippen LogP contribution < -0.4 is 5.43 Å². The molecule has 0 radical (unpaired) electrons. The first-order valence-corrected chi connectivity index (χ1v) is 10.3. The second-order valence-corrected chi connectivity index (χ2v) is 8.24. The lowest BCUT2D eigenvalue weighted by atomic mass is 9.98. The average Bonchev–Trinajstić information content (AvgIpc) is 3.03. The molecule has 0 spiro atoms. The van der Waals surface area contributed by atoms with Gasteiger partial charge in [0.15, 0.2) is 5.43 Å². The van der Waals surface area contributed by atoms with E-state index in [2.05, 4.69) is 0 Å². The van der Waals surface area contributed by atoms with Crippen molar-refractivity contribution >= 4 is 28.5 Å². The van der Waals surface area contributed by atoms with Crippen molar-refractivity contribution in [2.45, 2.75) is 19.5 Å². The predicted molar refractivity (Wildman–Crippen MR) is 118 cm³/mol. The molecule has 4 aromatic rings. The van der Waals surface area contributed by atoms with Crippen molar-refractivity contribution in [2.75, 3.05) is 0 Å². The van der Waals surface area contributed by atoms with Crippen LogP contribution in [0.3, 0.4) is 0 Å². The van der Waals surface area contributed by atoms with Crippen molar-refractivity contribution in [1.29, 1.82) is 0 Å². The Morgan fingerprint density at radius 1 is 1.09 bits per heavy atom. The third-order valence-electron chi connectivity index (χ3n) is 5.70. The second-order valence-electron chi connectivity index (χ2n) is 7.83. The average molecular weight is 450 g/mol. The van der Waals surface area contributed by atoms with Gasteiger partial charge in [0.05, 0.1) is 17.0 Å². The number of rotatable bonds is 3. The van der Waals surface area contributed by atoms with E-state index in [1.165, 1.54) is 29.2 Å². The van der Waals surface area contributed by atoms with Gasteiger partial charge in [-0.15, -0.1) is 0 Å². The van der Waals surface area contributed by atoms with E-state index in [9.17, 15) is 19.1 Å². The monoisotopic (exact) mass is 449 g/mol. The zero-order valence-electron chi connectivity index (χ0n) is 16.9. The minimum absolute atomic E-state index is 0.00831. The van der Waals surface area contributed by atoms with Crippen molar-refractivity contribution in [3.8, 4) is 5.75 Å². The van der Waals surface area contributed by atoms with Crippen LogP contribution in [0.2, 0.25) is 5.02 Å². The van der Waals surface area contributed by atoms with Gasteiger partial charge in [0.25, 0.3) is 5.91 Å². The molecule has 2 heterocycles. The number of benzene rings is 3. The number of phenolic OH excluding ortho intramolecular Hbond substituents is 1. The molecule has 0 saturated carbocycles. The number of aryl methyl sites for hydroxylation is 1. The molecule has 32 heavy (non-hydrogen) atoms. The Bertz CT molecular complexity index is 1450. The molecule has 5 nitrogen and oxygen atoms in total. The van der Waals surface area contributed by atoms with E-state index >= 15 is 0 Å². The molecule has 5 rings (SSSR count). The third-order valence-corrected chi connectivity index (χ3v) is 6.11. The van der Waals surface area contributed by atoms with Crippen LogP contribution in [-0.4, -0.2) is 15.9 Å². The van der Waals surface area contributed by atoms with E-state index in [1.807, 2.05) is 0 Å². The lowest BCUT2D eigenvalue weighted by Crippen LogP contribution is -2.29. The molecule has 0 saturated heterocycles. The normalized spacial score (nSPS) is 15.4. The van der Waals surface area contributed by atoms with Crippen molar-refractivity contribution in [1.82, 2.24) is 4.90 Å². The zero-order valence-corrected chi connectivity index (χ0v) is 17.7. The second kappa shape index (κ2) is 7.50. The highest BCUT2D eigenvalue weighted by Crippen LogP contribution is 2.40. The number of carbonyl (C=O) groups excluding carboxylic acids is 1. The van der Waals surface area contributed by atoms with E-state index in [1.54, 1.807) is 43.3 Å². The summed E-state index contributed by atoms with van der Waals surface area (Å²) < 4.78 is 19.3. The van der Waals surface area contributed by atoms with Gasteiger partial charge in [0.2, 0.25) is 5.76 Å². The molecule has 1 N–H and O–H groups in total. The molecule has 7 heteroatoms. The van der Waals surface area contributed by atoms with Crippen LogP contribution in [-0.2, 0) is 6.54 Å². The number of fused-ring (bicyclic) bond motifs is 2. The van der Waals surface area contributed by atoms with Gasteiger partial charge < -0.3 is 14.4 Å². The number of phenols is 1. The number of nitrogens with zero attached hydrogens (tertiary/aromatic N) is 1. The number of amides is 1. The zero-order chi connectivity index (χ0) is 22.6. The van der Waals surface area contributed by atoms with E-state index in [0.717, 1.165) is 5.56 Å². The number of hydrogen-bond acceptors (Lipinski definition) is 4. The van der Waals surface area contributed by atoms with Crippen molar-refractivity contribution in [2.24, 2.45) is 0 Å². The van der Waals surface area contributed by atoms with Gasteiger partial charge in [0.1, 0.15) is 17.1 Å². The Morgan fingerprint density at radius 3 is 2.56 bits per heavy atom. The lowest BCUT2D eigenvalue weighted by Gasteiger charge is -2.25. The molecule has 1 amide bonds. The molecular formula is C25H17ClFNO4. The highest BCUT2D eigenvalue weighted by atomic mass is 35.5. The van der Waals surface area contributed by atoms with Gasteiger partial charge in [-0.05, 0) is 60.0 Å². The van der Waals surface area contributed by atoms with Gasteiger partial charge in [-0.1, -0.05) is 35.9 Å². The summed E-state index contributed by atoms with van der Waals surface area (Å²) in [4.78, 5) is 28.4. The summed E-state index contributed by atoms with van der Waals surface area (Å²) >= 11 is 6.24. The predicted octanol–water partition coefficient (Wildman–Crippen LogP) is 5.34. The van der Waals surface area contributed by atoms with E-state index in [4.69, 9.17) is 16.0 Å². The van der Waals surface area contributed by atoms with Crippen LogP contribution in [0.1, 0.15) is 38.9 Å². The summed E-state index contributed by atoms with van der Waals surface area (Å²) in [6, 6.07) is 14.6. The molecule has 160 valence electrons. The quantitative estimate of drug-likeness (QED) is 0.458. The molecule has 1 aliphatic rings. The Labute approximate surface area is 187 Å². The maximum absolute atomic E-state index is 13.5. The molecule has 0 bridgehead atoms. The smallest absolute Gasteiger partial charge is 0.291 e. The summed E-state index contributed by atoms with van der Waals surface area (Å²) in [5, 5.41) is 10.7. The van der Waals surface area contributed by atoms with Crippen molar-refractivity contribution in [3.05, 3.63) is 110 Å². The molecule has 0 unspecified atom stereocenters. The van der Waals surface area contributed by atoms with E-state index in [0.29, 0.717) is 16.1 Å². The van der Waals surface area contributed by atoms with E-state index in [-0.39, 0.29) is 45.8 Å². The maximum Gasteiger partial charge on any atom is 0.291 e. The summed E-state index contributed by atoms with van der Waals surface area (Å²) in [7, 11) is 0. The molecule has 1 aliphatic heterocycles. The van der Waals surface area contributed by atoms with Crippen LogP contribution in [0.4, 0.5) is 4.39 Å². The minimum Gasteiger partial charge on any atom is -0.508 e. The Kier molecular flexibility index (Phi) is 4.75. The van der Waals surface area contributed by atoms with Crippen LogP contribution in [0.5, 0.6) is 5.75 Å². The fourth-order valence-electron chi connectivity index (χ4n) is 4.13. The fraction of sp³-hybridized carbons (Fsp3) is 0.120. The standard InChI is InChI=1S/C25H17ClFNO4/c1-13-9-20-18(11-19(13)26)23(30)21-22(15-3-2-4-17(29)10-15)28(25(31)24(21)32-20)12-14-5-7-16(27)8-6-14/h2-11,22,29H,12H2,1H3/t22-/m0/s1. The molecular weight excluding hydrogens is 433 g/mol. The van der Waals surface area contributed by atoms with Crippen molar-refractivity contribution < 1.29 is 18.7 Å². The first-order valence-electron chi connectivity index (χ1n) is 9.94. The third kappa shape index (κ3) is 3.24. The lowest BCUT2D eigenvalue weighted by molar-refractivity contribution is 0.0714. The summed E-state index contributed by atoms with van der Waals surface area (Å²) in [5.74, 6) is -0.873. The van der Waals surface area contributed by atoms with E-state index < -0.39 is 11.9 Å². The Hall–Kier alpha value is -3.64. The van der Waals surface area contributed by atoms with Gasteiger partial charge in [-0.3, -0.25) is 9.59 Å². The number of hydrogen-bond donors (Lipinski definition) is 1. The Balaban J connectivity index is 1.74.